The van der Waals surface area contributed by atoms with Crippen LogP contribution in [-0.2, 0) is 0 Å². The van der Waals surface area contributed by atoms with E-state index in [1.807, 2.05) is 0 Å². The SMILES string of the molecule is CC1=N[C@H](N)c2nc(C)c(=O)[nH]c2N1. The minimum atomic E-state index is -0.498. The molecule has 0 unspecified atom stereocenters. The van der Waals surface area contributed by atoms with E-state index in [0.717, 1.165) is 0 Å². The third-order valence-electron chi connectivity index (χ3n) is 2.03. The molecular formula is C8H11N5O. The Morgan fingerprint density at radius 3 is 2.86 bits per heavy atom. The van der Waals surface area contributed by atoms with E-state index in [-0.39, 0.29) is 5.56 Å². The van der Waals surface area contributed by atoms with Gasteiger partial charge in [-0.25, -0.2) is 9.98 Å². The summed E-state index contributed by atoms with van der Waals surface area (Å²) in [5, 5.41) is 2.91. The molecule has 0 aromatic carbocycles. The number of nitrogens with zero attached hydrogens (tertiary/aromatic N) is 2. The van der Waals surface area contributed by atoms with Crippen LogP contribution in [0.2, 0.25) is 0 Å². The number of rotatable bonds is 0. The highest BCUT2D eigenvalue weighted by atomic mass is 16.1. The molecule has 0 fully saturated rings. The van der Waals surface area contributed by atoms with E-state index in [4.69, 9.17) is 5.73 Å². The van der Waals surface area contributed by atoms with Gasteiger partial charge in [-0.3, -0.25) is 4.79 Å². The fourth-order valence-corrected chi connectivity index (χ4v) is 1.35. The standard InChI is InChI=1S/C8H11N5O/c1-3-8(14)13-7-5(10-3)6(9)11-4(2)12-7/h6H,9H2,1-2H3,(H2,11,12,13,14)/t6-/m0/s1. The number of amidine groups is 1. The van der Waals surface area contributed by atoms with Gasteiger partial charge < -0.3 is 16.0 Å². The number of hydrogen-bond donors (Lipinski definition) is 3. The van der Waals surface area contributed by atoms with E-state index in [1.54, 1.807) is 13.8 Å². The fourth-order valence-electron chi connectivity index (χ4n) is 1.35. The van der Waals surface area contributed by atoms with Gasteiger partial charge in [-0.05, 0) is 13.8 Å². The number of fused-ring (bicyclic) bond motifs is 1. The Morgan fingerprint density at radius 1 is 1.43 bits per heavy atom. The summed E-state index contributed by atoms with van der Waals surface area (Å²) in [4.78, 5) is 22.1. The molecule has 0 saturated heterocycles. The Hall–Kier alpha value is -1.69. The van der Waals surface area contributed by atoms with Crippen molar-refractivity contribution in [3.8, 4) is 0 Å². The second-order valence-electron chi connectivity index (χ2n) is 3.20. The van der Waals surface area contributed by atoms with Crippen molar-refractivity contribution in [2.24, 2.45) is 10.7 Å². The molecule has 1 aromatic heterocycles. The van der Waals surface area contributed by atoms with Crippen molar-refractivity contribution >= 4 is 11.7 Å². The summed E-state index contributed by atoms with van der Waals surface area (Å²) in [5.41, 5.74) is 6.51. The van der Waals surface area contributed by atoms with Gasteiger partial charge in [0.15, 0.2) is 0 Å². The zero-order valence-electron chi connectivity index (χ0n) is 7.96. The first kappa shape index (κ1) is 8.89. The Labute approximate surface area is 80.3 Å². The number of aryl methyl sites for hydroxylation is 1. The number of aromatic nitrogens is 2. The van der Waals surface area contributed by atoms with E-state index in [1.165, 1.54) is 0 Å². The summed E-state index contributed by atoms with van der Waals surface area (Å²) in [7, 11) is 0. The van der Waals surface area contributed by atoms with Crippen molar-refractivity contribution in [2.75, 3.05) is 5.32 Å². The normalized spacial score (nSPS) is 19.6. The van der Waals surface area contributed by atoms with E-state index < -0.39 is 6.17 Å². The third kappa shape index (κ3) is 1.29. The Kier molecular flexibility index (Phi) is 1.85. The maximum Gasteiger partial charge on any atom is 0.270 e. The number of H-pyrrole nitrogens is 1. The van der Waals surface area contributed by atoms with Crippen molar-refractivity contribution in [1.82, 2.24) is 9.97 Å². The van der Waals surface area contributed by atoms with Crippen LogP contribution >= 0.6 is 0 Å². The number of aliphatic imine (C=N–C) groups is 1. The van der Waals surface area contributed by atoms with Gasteiger partial charge in [-0.1, -0.05) is 0 Å². The van der Waals surface area contributed by atoms with Gasteiger partial charge in [0.1, 0.15) is 29.2 Å². The average Bonchev–Trinajstić information content (AvgIpc) is 2.08. The molecule has 1 aliphatic rings. The number of anilines is 1. The fraction of sp³-hybridized carbons (Fsp3) is 0.375. The summed E-state index contributed by atoms with van der Waals surface area (Å²) in [6.07, 6.45) is -0.498. The van der Waals surface area contributed by atoms with E-state index in [2.05, 4.69) is 20.3 Å². The molecule has 6 nitrogen and oxygen atoms in total. The molecule has 0 aliphatic carbocycles. The smallest absolute Gasteiger partial charge is 0.270 e. The van der Waals surface area contributed by atoms with Crippen molar-refractivity contribution in [3.63, 3.8) is 0 Å². The number of nitrogens with two attached hydrogens (primary N) is 1. The zero-order valence-corrected chi connectivity index (χ0v) is 7.96. The number of nitrogens with one attached hydrogen (secondary N) is 2. The first-order valence-corrected chi connectivity index (χ1v) is 4.26. The first-order valence-electron chi connectivity index (χ1n) is 4.26. The van der Waals surface area contributed by atoms with Gasteiger partial charge in [0.25, 0.3) is 5.56 Å². The molecule has 74 valence electrons. The maximum absolute atomic E-state index is 11.3. The quantitative estimate of drug-likeness (QED) is 0.535. The Morgan fingerprint density at radius 2 is 2.14 bits per heavy atom. The molecule has 0 spiro atoms. The molecule has 0 amide bonds. The number of hydrogen-bond acceptors (Lipinski definition) is 5. The van der Waals surface area contributed by atoms with E-state index >= 15 is 0 Å². The molecule has 14 heavy (non-hydrogen) atoms. The molecule has 2 heterocycles. The van der Waals surface area contributed by atoms with Crippen LogP contribution in [0.15, 0.2) is 9.79 Å². The maximum atomic E-state index is 11.3. The molecule has 4 N–H and O–H groups in total. The monoisotopic (exact) mass is 193 g/mol. The highest BCUT2D eigenvalue weighted by Crippen LogP contribution is 2.20. The van der Waals surface area contributed by atoms with Gasteiger partial charge in [0.05, 0.1) is 0 Å². The van der Waals surface area contributed by atoms with Crippen molar-refractivity contribution in [2.45, 2.75) is 20.0 Å². The predicted molar refractivity (Wildman–Crippen MR) is 53.3 cm³/mol. The minimum absolute atomic E-state index is 0.210. The molecule has 1 aromatic rings. The lowest BCUT2D eigenvalue weighted by Gasteiger charge is -2.19. The average molecular weight is 193 g/mol. The van der Waals surface area contributed by atoms with Crippen LogP contribution < -0.4 is 16.6 Å². The highest BCUT2D eigenvalue weighted by Gasteiger charge is 2.19. The lowest BCUT2D eigenvalue weighted by molar-refractivity contribution is 0.722. The van der Waals surface area contributed by atoms with Crippen LogP contribution in [0.4, 0.5) is 5.82 Å². The summed E-state index contributed by atoms with van der Waals surface area (Å²) >= 11 is 0. The highest BCUT2D eigenvalue weighted by molar-refractivity contribution is 5.94. The lowest BCUT2D eigenvalue weighted by atomic mass is 10.3. The summed E-state index contributed by atoms with van der Waals surface area (Å²) in [6.45, 7) is 3.41. The lowest BCUT2D eigenvalue weighted by Crippen LogP contribution is -2.28. The van der Waals surface area contributed by atoms with Crippen LogP contribution in [0.1, 0.15) is 24.5 Å². The third-order valence-corrected chi connectivity index (χ3v) is 2.03. The van der Waals surface area contributed by atoms with E-state index in [0.29, 0.717) is 23.0 Å². The van der Waals surface area contributed by atoms with Gasteiger partial charge in [0.2, 0.25) is 0 Å². The van der Waals surface area contributed by atoms with Crippen LogP contribution in [0, 0.1) is 6.92 Å². The molecule has 1 aliphatic heterocycles. The Balaban J connectivity index is 2.60. The molecular weight excluding hydrogens is 182 g/mol. The molecule has 2 rings (SSSR count). The topological polar surface area (TPSA) is 96.2 Å². The van der Waals surface area contributed by atoms with Gasteiger partial charge >= 0.3 is 0 Å². The van der Waals surface area contributed by atoms with Gasteiger partial charge in [-0.15, -0.1) is 0 Å². The molecule has 1 atom stereocenters. The van der Waals surface area contributed by atoms with Crippen molar-refractivity contribution in [1.29, 1.82) is 0 Å². The van der Waals surface area contributed by atoms with Crippen molar-refractivity contribution < 1.29 is 0 Å². The number of aromatic amines is 1. The Bertz CT molecular complexity index is 461. The largest absolute Gasteiger partial charge is 0.329 e. The van der Waals surface area contributed by atoms with Gasteiger partial charge in [0, 0.05) is 0 Å². The van der Waals surface area contributed by atoms with Crippen molar-refractivity contribution in [3.05, 3.63) is 21.7 Å². The molecule has 0 saturated carbocycles. The van der Waals surface area contributed by atoms with Crippen LogP contribution in [0.25, 0.3) is 0 Å². The van der Waals surface area contributed by atoms with Crippen LogP contribution in [0.3, 0.4) is 0 Å². The second-order valence-corrected chi connectivity index (χ2v) is 3.20. The predicted octanol–water partition coefficient (Wildman–Crippen LogP) is -0.120. The van der Waals surface area contributed by atoms with E-state index in [9.17, 15) is 4.79 Å². The van der Waals surface area contributed by atoms with Gasteiger partial charge in [-0.2, -0.15) is 0 Å². The molecule has 0 radical (unpaired) electrons. The minimum Gasteiger partial charge on any atom is -0.329 e. The second kappa shape index (κ2) is 2.91. The zero-order chi connectivity index (χ0) is 10.3. The summed E-state index contributed by atoms with van der Waals surface area (Å²) in [6, 6.07) is 0. The first-order chi connectivity index (χ1) is 6.58. The summed E-state index contributed by atoms with van der Waals surface area (Å²) in [5.74, 6) is 1.21. The van der Waals surface area contributed by atoms with Crippen LogP contribution in [0.5, 0.6) is 0 Å². The van der Waals surface area contributed by atoms with Crippen LogP contribution in [-0.4, -0.2) is 15.8 Å². The molecule has 0 bridgehead atoms. The molecule has 6 heteroatoms. The summed E-state index contributed by atoms with van der Waals surface area (Å²) < 4.78 is 0.